The zero-order valence-electron chi connectivity index (χ0n) is 39.4. The van der Waals surface area contributed by atoms with E-state index >= 15 is 0 Å². The van der Waals surface area contributed by atoms with Crippen molar-refractivity contribution >= 4 is 34.9 Å². The molecular weight excluding hydrogens is 896 g/mol. The number of amides is 3. The second-order valence-corrected chi connectivity index (χ2v) is 21.2. The second-order valence-electron chi connectivity index (χ2n) is 20.3. The van der Waals surface area contributed by atoms with Gasteiger partial charge in [-0.1, -0.05) is 57.2 Å². The van der Waals surface area contributed by atoms with Gasteiger partial charge in [0.25, 0.3) is 5.82 Å². The summed E-state index contributed by atoms with van der Waals surface area (Å²) < 4.78 is 47.2. The average Bonchev–Trinajstić information content (AvgIpc) is 3.58. The van der Waals surface area contributed by atoms with E-state index < -0.39 is 29.5 Å². The first-order valence-electron chi connectivity index (χ1n) is 23.9. The van der Waals surface area contributed by atoms with E-state index in [0.29, 0.717) is 76.9 Å². The average molecular weight is 958 g/mol. The second kappa shape index (κ2) is 19.5. The van der Waals surface area contributed by atoms with Crippen molar-refractivity contribution < 1.29 is 32.3 Å². The lowest BCUT2D eigenvalue weighted by Crippen LogP contribution is -2.59. The number of thiazole rings is 1. The SMILES string of the molecule is Cc1ncsc1-c1ccc(CNC(=O)[C@@H]2CC3(CC3)CN2C(=O)[C@@H](NC(=O)CN2CCN(CCOc3ccc(C4CCN(C5=Nn6c(nnc6C(F)(F)F)CC5)CC4)cc3)CC2)C(C)(C)C)cc1. The van der Waals surface area contributed by atoms with Crippen molar-refractivity contribution in [2.75, 3.05) is 65.5 Å². The van der Waals surface area contributed by atoms with Crippen LogP contribution in [-0.2, 0) is 33.5 Å². The van der Waals surface area contributed by atoms with E-state index in [1.807, 2.05) is 69.6 Å². The fourth-order valence-electron chi connectivity index (χ4n) is 10.1. The highest BCUT2D eigenvalue weighted by Gasteiger charge is 2.56. The summed E-state index contributed by atoms with van der Waals surface area (Å²) >= 11 is 1.60. The molecule has 0 radical (unpaired) electrons. The van der Waals surface area contributed by atoms with Gasteiger partial charge in [-0.05, 0) is 84.6 Å². The Morgan fingerprint density at radius 1 is 0.912 bits per heavy atom. The minimum absolute atomic E-state index is 0.0199. The quantitative estimate of drug-likeness (QED) is 0.165. The van der Waals surface area contributed by atoms with Gasteiger partial charge in [0, 0.05) is 71.7 Å². The molecule has 6 heterocycles. The molecule has 5 aliphatic rings. The molecule has 4 aromatic rings. The van der Waals surface area contributed by atoms with Crippen molar-refractivity contribution in [2.45, 2.75) is 103 Å². The number of fused-ring (bicyclic) bond motifs is 1. The predicted octanol–water partition coefficient (Wildman–Crippen LogP) is 5.94. The third-order valence-corrected chi connectivity index (χ3v) is 15.3. The number of nitrogens with zero attached hydrogens (tertiary/aromatic N) is 9. The Balaban J connectivity index is 0.696. The van der Waals surface area contributed by atoms with Gasteiger partial charge in [0.2, 0.25) is 17.7 Å². The molecular formula is C49H62F3N11O4S. The largest absolute Gasteiger partial charge is 0.492 e. The van der Waals surface area contributed by atoms with Gasteiger partial charge in [0.1, 0.15) is 30.3 Å². The number of benzene rings is 2. The van der Waals surface area contributed by atoms with Gasteiger partial charge >= 0.3 is 6.18 Å². The van der Waals surface area contributed by atoms with E-state index in [-0.39, 0.29) is 35.5 Å². The number of alkyl halides is 3. The van der Waals surface area contributed by atoms with Crippen LogP contribution in [0, 0.1) is 17.8 Å². The monoisotopic (exact) mass is 957 g/mol. The van der Waals surface area contributed by atoms with Crippen molar-refractivity contribution in [1.29, 1.82) is 0 Å². The van der Waals surface area contributed by atoms with Crippen LogP contribution in [0.25, 0.3) is 10.4 Å². The maximum atomic E-state index is 14.4. The Morgan fingerprint density at radius 2 is 1.62 bits per heavy atom. The number of carbonyl (C=O) groups excluding carboxylic acids is 3. The summed E-state index contributed by atoms with van der Waals surface area (Å²) in [6.07, 6.45) is 0.675. The summed E-state index contributed by atoms with van der Waals surface area (Å²) in [6.45, 7) is 14.6. The number of amidine groups is 1. The molecule has 2 aromatic heterocycles. The van der Waals surface area contributed by atoms with Crippen LogP contribution < -0.4 is 15.4 Å². The van der Waals surface area contributed by atoms with Gasteiger partial charge in [-0.3, -0.25) is 24.2 Å². The molecule has 1 aliphatic carbocycles. The molecule has 1 saturated carbocycles. The van der Waals surface area contributed by atoms with Crippen molar-refractivity contribution in [1.82, 2.24) is 50.1 Å². The first kappa shape index (κ1) is 47.7. The number of hydrogen-bond acceptors (Lipinski definition) is 12. The Morgan fingerprint density at radius 3 is 2.26 bits per heavy atom. The highest BCUT2D eigenvalue weighted by molar-refractivity contribution is 7.13. The molecule has 3 amide bonds. The summed E-state index contributed by atoms with van der Waals surface area (Å²) in [7, 11) is 0. The number of rotatable bonds is 13. The maximum absolute atomic E-state index is 14.4. The summed E-state index contributed by atoms with van der Waals surface area (Å²) in [4.78, 5) is 55.6. The van der Waals surface area contributed by atoms with Gasteiger partial charge in [0.15, 0.2) is 5.82 Å². The molecule has 4 aliphatic heterocycles. The number of ether oxygens (including phenoxy) is 1. The van der Waals surface area contributed by atoms with Gasteiger partial charge in [-0.15, -0.1) is 21.5 Å². The molecule has 0 bridgehead atoms. The van der Waals surface area contributed by atoms with E-state index in [0.717, 1.165) is 77.4 Å². The minimum Gasteiger partial charge on any atom is -0.492 e. The minimum atomic E-state index is -4.61. The number of carbonyl (C=O) groups is 3. The smallest absolute Gasteiger partial charge is 0.453 e. The molecule has 1 spiro atoms. The van der Waals surface area contributed by atoms with Crippen LogP contribution in [-0.4, -0.2) is 141 Å². The Kier molecular flexibility index (Phi) is 13.7. The molecule has 4 fully saturated rings. The molecule has 68 heavy (non-hydrogen) atoms. The van der Waals surface area contributed by atoms with Crippen LogP contribution in [0.15, 0.2) is 59.1 Å². The van der Waals surface area contributed by atoms with Crippen molar-refractivity contribution in [2.24, 2.45) is 15.9 Å². The lowest BCUT2D eigenvalue weighted by molar-refractivity contribution is -0.147. The number of nitrogens with one attached hydrogen (secondary N) is 2. The molecule has 364 valence electrons. The van der Waals surface area contributed by atoms with E-state index in [1.54, 1.807) is 16.2 Å². The van der Waals surface area contributed by atoms with Gasteiger partial charge in [0.05, 0.1) is 22.6 Å². The van der Waals surface area contributed by atoms with Gasteiger partial charge in [-0.2, -0.15) is 22.9 Å². The summed E-state index contributed by atoms with van der Waals surface area (Å²) in [6, 6.07) is 15.0. The third kappa shape index (κ3) is 10.9. The molecule has 2 N–H and O–H groups in total. The van der Waals surface area contributed by atoms with E-state index in [4.69, 9.17) is 4.74 Å². The van der Waals surface area contributed by atoms with Gasteiger partial charge < -0.3 is 25.2 Å². The van der Waals surface area contributed by atoms with E-state index in [1.165, 1.54) is 5.56 Å². The number of halogens is 3. The molecule has 0 unspecified atom stereocenters. The van der Waals surface area contributed by atoms with Crippen molar-refractivity contribution in [3.8, 4) is 16.2 Å². The number of piperidine rings is 1. The standard InChI is InChI=1S/C49H62F3N11O4S/c1-32-42(68-31-54-32)36-7-5-33(6-8-36)28-53-44(65)38-27-48(17-18-48)30-62(38)45(66)43(47(2,3)4)55-41(64)29-60-23-21-59(22-24-60)25-26-67-37-11-9-34(10-12-37)35-15-19-61(20-16-35)40-14-13-39-56-57-46(49(50,51)52)63(39)58-40/h5-12,31,35,38,43H,13-30H2,1-4H3,(H,53,65)(H,55,64)/t38-,43+/m0/s1. The van der Waals surface area contributed by atoms with E-state index in [9.17, 15) is 27.6 Å². The zero-order valence-corrected chi connectivity index (χ0v) is 40.2. The van der Waals surface area contributed by atoms with Crippen LogP contribution in [0.1, 0.15) is 93.7 Å². The van der Waals surface area contributed by atoms with Crippen molar-refractivity contribution in [3.05, 3.63) is 82.5 Å². The lowest BCUT2D eigenvalue weighted by atomic mass is 9.85. The highest BCUT2D eigenvalue weighted by Crippen LogP contribution is 2.55. The van der Waals surface area contributed by atoms with Gasteiger partial charge in [-0.25, -0.2) is 4.98 Å². The van der Waals surface area contributed by atoms with Crippen LogP contribution in [0.4, 0.5) is 13.2 Å². The topological polar surface area (TPSA) is 153 Å². The predicted molar refractivity (Wildman–Crippen MR) is 252 cm³/mol. The Labute approximate surface area is 399 Å². The molecule has 19 heteroatoms. The molecule has 2 atom stereocenters. The maximum Gasteiger partial charge on any atom is 0.453 e. The third-order valence-electron chi connectivity index (χ3n) is 14.4. The first-order chi connectivity index (χ1) is 32.5. The van der Waals surface area contributed by atoms with Crippen LogP contribution in [0.5, 0.6) is 5.75 Å². The highest BCUT2D eigenvalue weighted by atomic mass is 32.1. The summed E-state index contributed by atoms with van der Waals surface area (Å²) in [5.41, 5.74) is 5.53. The van der Waals surface area contributed by atoms with Crippen LogP contribution in [0.3, 0.4) is 0 Å². The number of likely N-dealkylation sites (tertiary alicyclic amines) is 2. The van der Waals surface area contributed by atoms with E-state index in [2.05, 4.69) is 57.7 Å². The number of aromatic nitrogens is 4. The van der Waals surface area contributed by atoms with Crippen LogP contribution >= 0.6 is 11.3 Å². The Hall–Kier alpha value is -5.40. The number of hydrogen-bond donors (Lipinski definition) is 2. The molecule has 15 nitrogen and oxygen atoms in total. The number of piperazine rings is 1. The normalized spacial score (nSPS) is 20.5. The molecule has 2 aromatic carbocycles. The van der Waals surface area contributed by atoms with Crippen LogP contribution in [0.2, 0.25) is 0 Å². The van der Waals surface area contributed by atoms with Crippen molar-refractivity contribution in [3.63, 3.8) is 0 Å². The summed E-state index contributed by atoms with van der Waals surface area (Å²) in [5, 5.41) is 17.5. The summed E-state index contributed by atoms with van der Waals surface area (Å²) in [5.74, 6) is 0.379. The Bertz CT molecular complexity index is 2460. The number of aryl methyl sites for hydroxylation is 2. The lowest BCUT2D eigenvalue weighted by Gasteiger charge is -2.37. The molecule has 3 saturated heterocycles. The zero-order chi connectivity index (χ0) is 47.8. The first-order valence-corrected chi connectivity index (χ1v) is 24.8. The fraction of sp³-hybridized carbons (Fsp3) is 0.571. The fourth-order valence-corrected chi connectivity index (χ4v) is 10.9. The molecule has 9 rings (SSSR count).